The third-order valence-corrected chi connectivity index (χ3v) is 4.31. The van der Waals surface area contributed by atoms with Crippen LogP contribution in [0.15, 0.2) is 24.3 Å². The second-order valence-electron chi connectivity index (χ2n) is 5.18. The molecular weight excluding hydrogens is 258 g/mol. The van der Waals surface area contributed by atoms with Crippen LogP contribution in [0.5, 0.6) is 0 Å². The van der Waals surface area contributed by atoms with Gasteiger partial charge in [0.2, 0.25) is 0 Å². The zero-order valence-electron chi connectivity index (χ0n) is 12.0. The first-order valence-electron chi connectivity index (χ1n) is 6.29. The highest BCUT2D eigenvalue weighted by molar-refractivity contribution is 7.99. The molecule has 4 N–H and O–H groups in total. The maximum atomic E-state index is 10.7. The molecule has 1 rings (SSSR count). The van der Waals surface area contributed by atoms with Crippen LogP contribution in [0.4, 0.5) is 10.5 Å². The standard InChI is InChI=1S/C14H23N3OS/c1-10(16-9-14(2,3)19-4)11-5-7-12(8-6-11)17-13(15)18/h5-8,10,16H,9H2,1-4H3,(H3,15,17,18). The zero-order chi connectivity index (χ0) is 14.5. The number of primary amides is 1. The third kappa shape index (κ3) is 5.53. The van der Waals surface area contributed by atoms with Gasteiger partial charge in [0.25, 0.3) is 0 Å². The number of urea groups is 1. The van der Waals surface area contributed by atoms with Gasteiger partial charge in [-0.25, -0.2) is 4.79 Å². The molecule has 0 aliphatic rings. The minimum Gasteiger partial charge on any atom is -0.351 e. The molecule has 1 aromatic carbocycles. The van der Waals surface area contributed by atoms with E-state index in [2.05, 4.69) is 37.7 Å². The Hall–Kier alpha value is -1.20. The van der Waals surface area contributed by atoms with Crippen molar-refractivity contribution in [1.29, 1.82) is 0 Å². The van der Waals surface area contributed by atoms with Crippen LogP contribution in [0.25, 0.3) is 0 Å². The summed E-state index contributed by atoms with van der Waals surface area (Å²) in [7, 11) is 0. The number of hydrogen-bond donors (Lipinski definition) is 3. The van der Waals surface area contributed by atoms with Crippen LogP contribution in [-0.2, 0) is 0 Å². The van der Waals surface area contributed by atoms with Gasteiger partial charge in [-0.2, -0.15) is 11.8 Å². The van der Waals surface area contributed by atoms with E-state index in [0.717, 1.165) is 6.54 Å². The monoisotopic (exact) mass is 281 g/mol. The average molecular weight is 281 g/mol. The smallest absolute Gasteiger partial charge is 0.316 e. The van der Waals surface area contributed by atoms with E-state index in [1.807, 2.05) is 36.0 Å². The summed E-state index contributed by atoms with van der Waals surface area (Å²) in [6.07, 6.45) is 2.12. The van der Waals surface area contributed by atoms with Crippen molar-refractivity contribution in [3.63, 3.8) is 0 Å². The van der Waals surface area contributed by atoms with E-state index < -0.39 is 6.03 Å². The Morgan fingerprint density at radius 1 is 1.37 bits per heavy atom. The number of rotatable bonds is 6. The van der Waals surface area contributed by atoms with Gasteiger partial charge in [-0.1, -0.05) is 12.1 Å². The summed E-state index contributed by atoms with van der Waals surface area (Å²) in [6, 6.07) is 7.44. The second-order valence-corrected chi connectivity index (χ2v) is 6.69. The Morgan fingerprint density at radius 3 is 2.42 bits per heavy atom. The van der Waals surface area contributed by atoms with Gasteiger partial charge in [0.1, 0.15) is 0 Å². The minimum atomic E-state index is -0.541. The van der Waals surface area contributed by atoms with Crippen molar-refractivity contribution >= 4 is 23.5 Å². The molecule has 5 heteroatoms. The molecule has 0 aliphatic carbocycles. The third-order valence-electron chi connectivity index (χ3n) is 3.06. The molecule has 0 spiro atoms. The van der Waals surface area contributed by atoms with Crippen molar-refractivity contribution in [3.8, 4) is 0 Å². The quantitative estimate of drug-likeness (QED) is 0.751. The van der Waals surface area contributed by atoms with E-state index in [1.54, 1.807) is 0 Å². The Balaban J connectivity index is 2.58. The number of hydrogen-bond acceptors (Lipinski definition) is 3. The summed E-state index contributed by atoms with van der Waals surface area (Å²) in [5.41, 5.74) is 6.97. The summed E-state index contributed by atoms with van der Waals surface area (Å²) in [4.78, 5) is 10.7. The van der Waals surface area contributed by atoms with Crippen molar-refractivity contribution in [3.05, 3.63) is 29.8 Å². The first-order chi connectivity index (χ1) is 8.84. The molecule has 0 aliphatic heterocycles. The number of anilines is 1. The Kier molecular flexibility index (Phi) is 5.69. The lowest BCUT2D eigenvalue weighted by Gasteiger charge is -2.25. The normalized spacial score (nSPS) is 13.1. The Labute approximate surface area is 119 Å². The van der Waals surface area contributed by atoms with Gasteiger partial charge in [-0.05, 0) is 44.7 Å². The van der Waals surface area contributed by atoms with Crippen LogP contribution in [0.1, 0.15) is 32.4 Å². The molecule has 0 saturated heterocycles. The molecular formula is C14H23N3OS. The number of amides is 2. The van der Waals surface area contributed by atoms with E-state index in [0.29, 0.717) is 5.69 Å². The van der Waals surface area contributed by atoms with Crippen LogP contribution >= 0.6 is 11.8 Å². The van der Waals surface area contributed by atoms with E-state index in [1.165, 1.54) is 5.56 Å². The molecule has 0 aromatic heterocycles. The lowest BCUT2D eigenvalue weighted by molar-refractivity contribution is 0.259. The van der Waals surface area contributed by atoms with Crippen LogP contribution in [0.3, 0.4) is 0 Å². The molecule has 4 nitrogen and oxygen atoms in total. The number of carbonyl (C=O) groups excluding carboxylic acids is 1. The zero-order valence-corrected chi connectivity index (χ0v) is 12.8. The molecule has 106 valence electrons. The summed E-state index contributed by atoms with van der Waals surface area (Å²) in [5.74, 6) is 0. The Bertz CT molecular complexity index is 417. The highest BCUT2D eigenvalue weighted by Gasteiger charge is 2.17. The van der Waals surface area contributed by atoms with Crippen LogP contribution in [0.2, 0.25) is 0 Å². The van der Waals surface area contributed by atoms with Crippen molar-refractivity contribution in [1.82, 2.24) is 5.32 Å². The predicted molar refractivity (Wildman–Crippen MR) is 83.7 cm³/mol. The largest absolute Gasteiger partial charge is 0.351 e. The number of nitrogens with two attached hydrogens (primary N) is 1. The predicted octanol–water partition coefficient (Wildman–Crippen LogP) is 2.97. The fourth-order valence-electron chi connectivity index (χ4n) is 1.59. The number of thioether (sulfide) groups is 1. The van der Waals surface area contributed by atoms with E-state index in [4.69, 9.17) is 5.73 Å². The van der Waals surface area contributed by atoms with Gasteiger partial charge >= 0.3 is 6.03 Å². The maximum Gasteiger partial charge on any atom is 0.316 e. The van der Waals surface area contributed by atoms with Crippen LogP contribution in [-0.4, -0.2) is 23.6 Å². The fraction of sp³-hybridized carbons (Fsp3) is 0.500. The van der Waals surface area contributed by atoms with Gasteiger partial charge in [0.05, 0.1) is 0 Å². The second kappa shape index (κ2) is 6.82. The molecule has 0 bridgehead atoms. The lowest BCUT2D eigenvalue weighted by Crippen LogP contribution is -2.33. The lowest BCUT2D eigenvalue weighted by atomic mass is 10.1. The minimum absolute atomic E-state index is 0.224. The molecule has 19 heavy (non-hydrogen) atoms. The van der Waals surface area contributed by atoms with Gasteiger partial charge in [-0.3, -0.25) is 0 Å². The highest BCUT2D eigenvalue weighted by atomic mass is 32.2. The topological polar surface area (TPSA) is 67.2 Å². The molecule has 0 saturated carbocycles. The molecule has 1 aromatic rings. The first kappa shape index (κ1) is 15.9. The SMILES string of the molecule is CSC(C)(C)CNC(C)c1ccc(NC(N)=O)cc1. The maximum absolute atomic E-state index is 10.7. The summed E-state index contributed by atoms with van der Waals surface area (Å²) in [5, 5.41) is 6.07. The highest BCUT2D eigenvalue weighted by Crippen LogP contribution is 2.22. The van der Waals surface area contributed by atoms with Crippen LogP contribution in [0, 0.1) is 0 Å². The summed E-state index contributed by atoms with van der Waals surface area (Å²) in [6.45, 7) is 7.51. The first-order valence-corrected chi connectivity index (χ1v) is 7.51. The number of benzene rings is 1. The van der Waals surface area contributed by atoms with E-state index >= 15 is 0 Å². The van der Waals surface area contributed by atoms with Gasteiger partial charge in [-0.15, -0.1) is 0 Å². The summed E-state index contributed by atoms with van der Waals surface area (Å²) >= 11 is 1.85. The van der Waals surface area contributed by atoms with Crippen molar-refractivity contribution in [2.45, 2.75) is 31.6 Å². The molecule has 0 fully saturated rings. The van der Waals surface area contributed by atoms with Crippen LogP contribution < -0.4 is 16.4 Å². The molecule has 0 heterocycles. The van der Waals surface area contributed by atoms with Crippen molar-refractivity contribution in [2.75, 3.05) is 18.1 Å². The fourth-order valence-corrected chi connectivity index (χ4v) is 1.81. The molecule has 1 atom stereocenters. The number of carbonyl (C=O) groups is 1. The molecule has 0 radical (unpaired) electrons. The van der Waals surface area contributed by atoms with Gasteiger partial charge < -0.3 is 16.4 Å². The summed E-state index contributed by atoms with van der Waals surface area (Å²) < 4.78 is 0.224. The molecule has 2 amide bonds. The molecule has 1 unspecified atom stereocenters. The average Bonchev–Trinajstić information content (AvgIpc) is 2.36. The van der Waals surface area contributed by atoms with Gasteiger partial charge in [0, 0.05) is 23.0 Å². The van der Waals surface area contributed by atoms with E-state index in [9.17, 15) is 4.79 Å². The number of nitrogens with one attached hydrogen (secondary N) is 2. The van der Waals surface area contributed by atoms with Crippen molar-refractivity contribution in [2.24, 2.45) is 5.73 Å². The Morgan fingerprint density at radius 2 is 1.95 bits per heavy atom. The van der Waals surface area contributed by atoms with Crippen molar-refractivity contribution < 1.29 is 4.79 Å². The van der Waals surface area contributed by atoms with E-state index in [-0.39, 0.29) is 10.8 Å². The van der Waals surface area contributed by atoms with Gasteiger partial charge in [0.15, 0.2) is 0 Å².